The van der Waals surface area contributed by atoms with Gasteiger partial charge in [0, 0.05) is 15.0 Å². The first-order valence-corrected chi connectivity index (χ1v) is 6.93. The van der Waals surface area contributed by atoms with E-state index in [1.165, 1.54) is 24.8 Å². The first-order valence-electron chi connectivity index (χ1n) is 5.35. The lowest BCUT2D eigenvalue weighted by molar-refractivity contribution is 0.581. The third-order valence-electron chi connectivity index (χ3n) is 2.43. The molecule has 0 aliphatic rings. The summed E-state index contributed by atoms with van der Waals surface area (Å²) in [5.41, 5.74) is 7.33. The zero-order chi connectivity index (χ0) is 11.3. The van der Waals surface area contributed by atoms with E-state index in [9.17, 15) is 0 Å². The molecule has 0 fully saturated rings. The third kappa shape index (κ3) is 4.66. The Labute approximate surface area is 109 Å². The van der Waals surface area contributed by atoms with Gasteiger partial charge in [-0.15, -0.1) is 0 Å². The molecule has 1 aromatic carbocycles. The summed E-state index contributed by atoms with van der Waals surface area (Å²) < 4.78 is 2.16. The maximum absolute atomic E-state index is 6.13. The summed E-state index contributed by atoms with van der Waals surface area (Å²) in [6, 6.07) is 6.38. The molecule has 0 aromatic heterocycles. The van der Waals surface area contributed by atoms with Crippen LogP contribution in [0.15, 0.2) is 27.1 Å². The van der Waals surface area contributed by atoms with E-state index in [2.05, 4.69) is 50.9 Å². The molecule has 1 nitrogen and oxygen atoms in total. The molecule has 0 heterocycles. The topological polar surface area (TPSA) is 26.0 Å². The predicted octanol–water partition coefficient (Wildman–Crippen LogP) is 4.79. The molecule has 2 N–H and O–H groups in total. The van der Waals surface area contributed by atoms with E-state index in [0.717, 1.165) is 15.4 Å². The van der Waals surface area contributed by atoms with E-state index in [4.69, 9.17) is 5.73 Å². The van der Waals surface area contributed by atoms with E-state index < -0.39 is 0 Å². The van der Waals surface area contributed by atoms with E-state index in [-0.39, 0.29) is 6.04 Å². The lowest BCUT2D eigenvalue weighted by Gasteiger charge is -2.12. The molecule has 3 heteroatoms. The molecule has 0 spiro atoms. The van der Waals surface area contributed by atoms with Gasteiger partial charge in [0.2, 0.25) is 0 Å². The van der Waals surface area contributed by atoms with Crippen molar-refractivity contribution >= 4 is 31.9 Å². The fourth-order valence-corrected chi connectivity index (χ4v) is 2.90. The summed E-state index contributed by atoms with van der Waals surface area (Å²) in [6.45, 7) is 2.21. The highest BCUT2D eigenvalue weighted by molar-refractivity contribution is 9.11. The van der Waals surface area contributed by atoms with Crippen LogP contribution in [0.3, 0.4) is 0 Å². The highest BCUT2D eigenvalue weighted by atomic mass is 79.9. The van der Waals surface area contributed by atoms with Crippen molar-refractivity contribution in [2.75, 3.05) is 0 Å². The molecular formula is C12H17Br2N. The van der Waals surface area contributed by atoms with Gasteiger partial charge in [-0.3, -0.25) is 0 Å². The lowest BCUT2D eigenvalue weighted by atomic mass is 10.0. The largest absolute Gasteiger partial charge is 0.324 e. The molecule has 1 aromatic rings. The quantitative estimate of drug-likeness (QED) is 0.769. The van der Waals surface area contributed by atoms with Crippen molar-refractivity contribution in [2.45, 2.75) is 38.6 Å². The first-order chi connectivity index (χ1) is 7.13. The van der Waals surface area contributed by atoms with Crippen molar-refractivity contribution in [3.63, 3.8) is 0 Å². The molecule has 0 aliphatic heterocycles. The first kappa shape index (κ1) is 13.2. The Bertz CT molecular complexity index is 292. The fourth-order valence-electron chi connectivity index (χ4n) is 1.57. The number of unbranched alkanes of at least 4 members (excludes halogenated alkanes) is 2. The Morgan fingerprint density at radius 3 is 2.27 bits per heavy atom. The van der Waals surface area contributed by atoms with Crippen LogP contribution >= 0.6 is 31.9 Å². The number of rotatable bonds is 5. The minimum absolute atomic E-state index is 0.158. The summed E-state index contributed by atoms with van der Waals surface area (Å²) >= 11 is 6.96. The van der Waals surface area contributed by atoms with Crippen molar-refractivity contribution in [1.82, 2.24) is 0 Å². The van der Waals surface area contributed by atoms with Crippen LogP contribution in [0.2, 0.25) is 0 Å². The van der Waals surface area contributed by atoms with E-state index in [1.807, 2.05) is 6.07 Å². The number of benzene rings is 1. The van der Waals surface area contributed by atoms with Crippen molar-refractivity contribution in [1.29, 1.82) is 0 Å². The molecule has 84 valence electrons. The van der Waals surface area contributed by atoms with Crippen LogP contribution in [0.4, 0.5) is 0 Å². The van der Waals surface area contributed by atoms with Gasteiger partial charge in [0.25, 0.3) is 0 Å². The second kappa shape index (κ2) is 6.66. The average Bonchev–Trinajstić information content (AvgIpc) is 2.16. The summed E-state index contributed by atoms with van der Waals surface area (Å²) in [4.78, 5) is 0. The summed E-state index contributed by atoms with van der Waals surface area (Å²) in [5.74, 6) is 0. The van der Waals surface area contributed by atoms with Crippen LogP contribution in [0.25, 0.3) is 0 Å². The SMILES string of the molecule is CCCCC[C@H](N)c1cc(Br)cc(Br)c1. The molecule has 0 saturated heterocycles. The molecule has 0 radical (unpaired) electrons. The Kier molecular flexibility index (Phi) is 5.87. The molecule has 0 amide bonds. The van der Waals surface area contributed by atoms with Gasteiger partial charge >= 0.3 is 0 Å². The highest BCUT2D eigenvalue weighted by Gasteiger charge is 2.07. The van der Waals surface area contributed by atoms with E-state index in [1.54, 1.807) is 0 Å². The Balaban J connectivity index is 2.60. The van der Waals surface area contributed by atoms with Crippen molar-refractivity contribution in [2.24, 2.45) is 5.73 Å². The van der Waals surface area contributed by atoms with Gasteiger partial charge in [-0.2, -0.15) is 0 Å². The van der Waals surface area contributed by atoms with E-state index in [0.29, 0.717) is 0 Å². The molecule has 1 rings (SSSR count). The summed E-state index contributed by atoms with van der Waals surface area (Å²) in [7, 11) is 0. The Morgan fingerprint density at radius 2 is 1.73 bits per heavy atom. The number of nitrogens with two attached hydrogens (primary N) is 1. The monoisotopic (exact) mass is 333 g/mol. The molecule has 1 atom stereocenters. The molecule has 0 saturated carbocycles. The van der Waals surface area contributed by atoms with Gasteiger partial charge in [-0.05, 0) is 30.2 Å². The van der Waals surface area contributed by atoms with Gasteiger partial charge in [-0.1, -0.05) is 58.0 Å². The van der Waals surface area contributed by atoms with Gasteiger partial charge < -0.3 is 5.73 Å². The minimum Gasteiger partial charge on any atom is -0.324 e. The van der Waals surface area contributed by atoms with Crippen LogP contribution in [0.5, 0.6) is 0 Å². The maximum Gasteiger partial charge on any atom is 0.0295 e. The number of hydrogen-bond donors (Lipinski definition) is 1. The third-order valence-corrected chi connectivity index (χ3v) is 3.35. The second-order valence-corrected chi connectivity index (χ2v) is 5.64. The zero-order valence-electron chi connectivity index (χ0n) is 8.97. The standard InChI is InChI=1S/C12H17Br2N/c1-2-3-4-5-12(15)9-6-10(13)8-11(14)7-9/h6-8,12H,2-5,15H2,1H3/t12-/m0/s1. The van der Waals surface area contributed by atoms with Crippen molar-refractivity contribution in [3.8, 4) is 0 Å². The van der Waals surface area contributed by atoms with Gasteiger partial charge in [0.05, 0.1) is 0 Å². The van der Waals surface area contributed by atoms with Crippen molar-refractivity contribution in [3.05, 3.63) is 32.7 Å². The lowest BCUT2D eigenvalue weighted by Crippen LogP contribution is -2.10. The highest BCUT2D eigenvalue weighted by Crippen LogP contribution is 2.25. The minimum atomic E-state index is 0.158. The zero-order valence-corrected chi connectivity index (χ0v) is 12.1. The molecule has 0 bridgehead atoms. The number of halogens is 2. The van der Waals surface area contributed by atoms with Crippen LogP contribution in [-0.2, 0) is 0 Å². The van der Waals surface area contributed by atoms with Crippen molar-refractivity contribution < 1.29 is 0 Å². The van der Waals surface area contributed by atoms with Crippen LogP contribution in [0, 0.1) is 0 Å². The maximum atomic E-state index is 6.13. The summed E-state index contributed by atoms with van der Waals surface area (Å²) in [5, 5.41) is 0. The van der Waals surface area contributed by atoms with Gasteiger partial charge in [0.15, 0.2) is 0 Å². The van der Waals surface area contributed by atoms with Crippen LogP contribution in [0.1, 0.15) is 44.2 Å². The predicted molar refractivity (Wildman–Crippen MR) is 72.9 cm³/mol. The van der Waals surface area contributed by atoms with Crippen LogP contribution < -0.4 is 5.73 Å². The van der Waals surface area contributed by atoms with Gasteiger partial charge in [0.1, 0.15) is 0 Å². The Morgan fingerprint density at radius 1 is 1.13 bits per heavy atom. The smallest absolute Gasteiger partial charge is 0.0295 e. The van der Waals surface area contributed by atoms with E-state index >= 15 is 0 Å². The fraction of sp³-hybridized carbons (Fsp3) is 0.500. The Hall–Kier alpha value is 0.140. The van der Waals surface area contributed by atoms with Gasteiger partial charge in [-0.25, -0.2) is 0 Å². The molecule has 15 heavy (non-hydrogen) atoms. The van der Waals surface area contributed by atoms with Crippen LogP contribution in [-0.4, -0.2) is 0 Å². The average molecular weight is 335 g/mol. The second-order valence-electron chi connectivity index (χ2n) is 3.81. The molecule has 0 unspecified atom stereocenters. The normalized spacial score (nSPS) is 12.8. The molecule has 0 aliphatic carbocycles. The summed E-state index contributed by atoms with van der Waals surface area (Å²) in [6.07, 6.45) is 4.79. The molecular weight excluding hydrogens is 318 g/mol. The number of hydrogen-bond acceptors (Lipinski definition) is 1.